The van der Waals surface area contributed by atoms with Gasteiger partial charge < -0.3 is 24.7 Å². The minimum atomic E-state index is -0.214. The van der Waals surface area contributed by atoms with E-state index in [1.807, 2.05) is 29.2 Å². The fourth-order valence-corrected chi connectivity index (χ4v) is 4.87. The van der Waals surface area contributed by atoms with Crippen molar-refractivity contribution in [3.05, 3.63) is 59.3 Å². The van der Waals surface area contributed by atoms with Gasteiger partial charge in [0.15, 0.2) is 11.5 Å². The molecule has 1 unspecified atom stereocenters. The van der Waals surface area contributed by atoms with Crippen LogP contribution >= 0.6 is 9.24 Å². The largest absolute Gasteiger partial charge is 0.454 e. The number of likely N-dealkylation sites (N-methyl/N-ethyl adjacent to an activating group) is 1. The van der Waals surface area contributed by atoms with Crippen molar-refractivity contribution in [1.82, 2.24) is 15.2 Å². The maximum Gasteiger partial charge on any atom is 0.237 e. The van der Waals surface area contributed by atoms with Gasteiger partial charge in [0.2, 0.25) is 12.7 Å². The van der Waals surface area contributed by atoms with E-state index in [1.165, 1.54) is 10.9 Å². The van der Waals surface area contributed by atoms with E-state index >= 15 is 0 Å². The zero-order valence-electron chi connectivity index (χ0n) is 15.6. The Kier molecular flexibility index (Phi) is 4.26. The van der Waals surface area contributed by atoms with Gasteiger partial charge in [0.25, 0.3) is 0 Å². The Morgan fingerprint density at radius 3 is 2.93 bits per heavy atom. The summed E-state index contributed by atoms with van der Waals surface area (Å²) < 4.78 is 11.1. The minimum absolute atomic E-state index is 0.00276. The second-order valence-electron chi connectivity index (χ2n) is 7.18. The molecule has 0 aliphatic carbocycles. The molecule has 2 aliphatic heterocycles. The molecule has 0 fully saturated rings. The van der Waals surface area contributed by atoms with Crippen LogP contribution < -0.4 is 14.8 Å². The van der Waals surface area contributed by atoms with Crippen LogP contribution in [0.4, 0.5) is 0 Å². The molecule has 3 heterocycles. The molecule has 5 rings (SSSR count). The summed E-state index contributed by atoms with van der Waals surface area (Å²) in [5.41, 5.74) is 4.45. The van der Waals surface area contributed by atoms with Crippen molar-refractivity contribution in [2.75, 3.05) is 20.4 Å². The second-order valence-corrected chi connectivity index (χ2v) is 7.95. The third-order valence-electron chi connectivity index (χ3n) is 5.50. The van der Waals surface area contributed by atoms with E-state index in [1.54, 1.807) is 7.05 Å². The van der Waals surface area contributed by atoms with E-state index in [0.717, 1.165) is 34.7 Å². The Bertz CT molecular complexity index is 1060. The second kappa shape index (κ2) is 6.80. The Balaban J connectivity index is 1.70. The highest BCUT2D eigenvalue weighted by Gasteiger charge is 2.38. The number of hydrogen-bond donors (Lipinski definition) is 2. The summed E-state index contributed by atoms with van der Waals surface area (Å²) in [4.78, 5) is 18.6. The predicted octanol–water partition coefficient (Wildman–Crippen LogP) is 2.79. The van der Waals surface area contributed by atoms with Crippen LogP contribution in [0.3, 0.4) is 0 Å². The number of carbonyl (C=O) groups is 1. The third kappa shape index (κ3) is 2.67. The van der Waals surface area contributed by atoms with E-state index in [-0.39, 0.29) is 24.5 Å². The van der Waals surface area contributed by atoms with Crippen LogP contribution in [0, 0.1) is 0 Å². The number of para-hydroxylation sites is 1. The zero-order chi connectivity index (χ0) is 19.3. The summed E-state index contributed by atoms with van der Waals surface area (Å²) in [7, 11) is 4.65. The molecule has 0 radical (unpaired) electrons. The lowest BCUT2D eigenvalue weighted by Crippen LogP contribution is -2.47. The summed E-state index contributed by atoms with van der Waals surface area (Å²) in [5, 5.41) is 4.21. The summed E-state index contributed by atoms with van der Waals surface area (Å²) >= 11 is 0. The molecule has 28 heavy (non-hydrogen) atoms. The molecule has 1 amide bonds. The van der Waals surface area contributed by atoms with Crippen molar-refractivity contribution in [3.8, 4) is 11.5 Å². The number of H-pyrrole nitrogens is 1. The minimum Gasteiger partial charge on any atom is -0.454 e. The highest BCUT2D eigenvalue weighted by molar-refractivity contribution is 7.17. The SMILES string of the molecule is CNCC(=O)N1[C@H](c2ccc3c(c2)OCO3)c2[nH]c3ccccc3c2C[C@@H]1P. The van der Waals surface area contributed by atoms with E-state index < -0.39 is 0 Å². The lowest BCUT2D eigenvalue weighted by molar-refractivity contribution is -0.133. The van der Waals surface area contributed by atoms with E-state index in [9.17, 15) is 4.79 Å². The average Bonchev–Trinajstić information content (AvgIpc) is 3.30. The first kappa shape index (κ1) is 17.5. The van der Waals surface area contributed by atoms with Gasteiger partial charge in [0.1, 0.15) is 0 Å². The van der Waals surface area contributed by atoms with Crippen molar-refractivity contribution in [3.63, 3.8) is 0 Å². The van der Waals surface area contributed by atoms with Gasteiger partial charge in [0, 0.05) is 16.6 Å². The normalized spacial score (nSPS) is 20.4. The molecule has 6 nitrogen and oxygen atoms in total. The van der Waals surface area contributed by atoms with Crippen molar-refractivity contribution in [2.45, 2.75) is 18.2 Å². The van der Waals surface area contributed by atoms with Crippen LogP contribution in [0.25, 0.3) is 10.9 Å². The van der Waals surface area contributed by atoms with Gasteiger partial charge in [0.05, 0.1) is 18.4 Å². The van der Waals surface area contributed by atoms with Gasteiger partial charge in [-0.25, -0.2) is 0 Å². The smallest absolute Gasteiger partial charge is 0.237 e. The van der Waals surface area contributed by atoms with Crippen LogP contribution in [0.1, 0.15) is 22.9 Å². The fraction of sp³-hybridized carbons (Fsp3) is 0.286. The molecule has 144 valence electrons. The molecule has 0 saturated carbocycles. The molecule has 2 N–H and O–H groups in total. The highest BCUT2D eigenvalue weighted by atomic mass is 31.0. The average molecular weight is 395 g/mol. The number of nitrogens with zero attached hydrogens (tertiary/aromatic N) is 1. The van der Waals surface area contributed by atoms with Crippen molar-refractivity contribution < 1.29 is 14.3 Å². The Hall–Kier alpha value is -2.56. The lowest BCUT2D eigenvalue weighted by atomic mass is 9.91. The quantitative estimate of drug-likeness (QED) is 0.670. The van der Waals surface area contributed by atoms with Crippen molar-refractivity contribution in [1.29, 1.82) is 0 Å². The molecule has 3 aromatic rings. The molecule has 3 atom stereocenters. The standard InChI is InChI=1S/C21H22N3O3P/c1-22-10-18(25)24-19(28)9-14-13-4-2-3-5-15(13)23-20(14)21(24)12-6-7-16-17(8-12)27-11-26-16/h2-8,19,21-23H,9-11,28H2,1H3/t19-,21+/m0/s1. The number of aromatic nitrogens is 1. The van der Waals surface area contributed by atoms with Gasteiger partial charge in [-0.05, 0) is 42.8 Å². The van der Waals surface area contributed by atoms with Gasteiger partial charge >= 0.3 is 0 Å². The van der Waals surface area contributed by atoms with Crippen LogP contribution in [0.15, 0.2) is 42.5 Å². The number of aromatic amines is 1. The number of benzene rings is 2. The molecule has 2 aliphatic rings. The third-order valence-corrected chi connectivity index (χ3v) is 6.05. The van der Waals surface area contributed by atoms with Gasteiger partial charge in [-0.1, -0.05) is 24.3 Å². The summed E-state index contributed by atoms with van der Waals surface area (Å²) in [6.45, 7) is 0.525. The number of fused-ring (bicyclic) bond motifs is 4. The van der Waals surface area contributed by atoms with Crippen molar-refractivity contribution >= 4 is 26.0 Å². The first-order valence-corrected chi connectivity index (χ1v) is 10.0. The van der Waals surface area contributed by atoms with Crippen LogP contribution in [-0.4, -0.2) is 42.0 Å². The number of hydrogen-bond acceptors (Lipinski definition) is 4. The molecule has 0 bridgehead atoms. The number of rotatable bonds is 3. The van der Waals surface area contributed by atoms with Gasteiger partial charge in [-0.15, -0.1) is 9.24 Å². The molecule has 2 aromatic carbocycles. The molecular formula is C21H22N3O3P. The van der Waals surface area contributed by atoms with Crippen molar-refractivity contribution in [2.24, 2.45) is 0 Å². The molecule has 7 heteroatoms. The van der Waals surface area contributed by atoms with E-state index in [4.69, 9.17) is 9.47 Å². The van der Waals surface area contributed by atoms with E-state index in [0.29, 0.717) is 6.54 Å². The molecule has 0 spiro atoms. The number of carbonyl (C=O) groups excluding carboxylic acids is 1. The van der Waals surface area contributed by atoms with E-state index in [2.05, 4.69) is 37.7 Å². The topological polar surface area (TPSA) is 66.6 Å². The number of ether oxygens (including phenoxy) is 2. The summed E-state index contributed by atoms with van der Waals surface area (Å²) in [5.74, 6) is 1.53. The van der Waals surface area contributed by atoms with Crippen LogP contribution in [0.5, 0.6) is 11.5 Å². The summed E-state index contributed by atoms with van der Waals surface area (Å²) in [6, 6.07) is 14.0. The number of amides is 1. The zero-order valence-corrected chi connectivity index (χ0v) is 16.7. The number of nitrogens with one attached hydrogen (secondary N) is 2. The predicted molar refractivity (Wildman–Crippen MR) is 111 cm³/mol. The Labute approximate surface area is 165 Å². The molecular weight excluding hydrogens is 373 g/mol. The molecule has 1 aromatic heterocycles. The first-order valence-electron chi connectivity index (χ1n) is 9.37. The lowest BCUT2D eigenvalue weighted by Gasteiger charge is -2.41. The monoisotopic (exact) mass is 395 g/mol. The van der Waals surface area contributed by atoms with Gasteiger partial charge in [-0.2, -0.15) is 0 Å². The first-order chi connectivity index (χ1) is 13.7. The van der Waals surface area contributed by atoms with Crippen LogP contribution in [0.2, 0.25) is 0 Å². The Morgan fingerprint density at radius 2 is 2.07 bits per heavy atom. The Morgan fingerprint density at radius 1 is 1.25 bits per heavy atom. The fourth-order valence-electron chi connectivity index (χ4n) is 4.29. The van der Waals surface area contributed by atoms with Crippen LogP contribution in [-0.2, 0) is 11.2 Å². The van der Waals surface area contributed by atoms with Gasteiger partial charge in [-0.3, -0.25) is 4.79 Å². The maximum atomic E-state index is 13.0. The highest BCUT2D eigenvalue weighted by Crippen LogP contribution is 2.44. The summed E-state index contributed by atoms with van der Waals surface area (Å²) in [6.07, 6.45) is 0.792. The maximum absolute atomic E-state index is 13.0. The molecule has 0 saturated heterocycles.